The van der Waals surface area contributed by atoms with Crippen molar-refractivity contribution in [2.24, 2.45) is 18.9 Å². The minimum absolute atomic E-state index is 0.0803. The lowest BCUT2D eigenvalue weighted by Gasteiger charge is -2.12. The number of aromatic nitrogens is 2. The second-order valence-corrected chi connectivity index (χ2v) is 4.93. The Morgan fingerprint density at radius 1 is 1.67 bits per heavy atom. The van der Waals surface area contributed by atoms with E-state index in [1.807, 2.05) is 0 Å². The molecule has 1 aliphatic rings. The zero-order valence-corrected chi connectivity index (χ0v) is 10.4. The molecule has 15 heavy (non-hydrogen) atoms. The topological polar surface area (TPSA) is 46.9 Å². The molecule has 0 amide bonds. The molecule has 0 spiro atoms. The van der Waals surface area contributed by atoms with Crippen molar-refractivity contribution in [2.75, 3.05) is 13.1 Å². The van der Waals surface area contributed by atoms with Crippen molar-refractivity contribution in [2.45, 2.75) is 6.92 Å². The Morgan fingerprint density at radius 3 is 2.87 bits per heavy atom. The molecule has 0 saturated carbocycles. The van der Waals surface area contributed by atoms with E-state index < -0.39 is 0 Å². The number of rotatable bonds is 2. The maximum Gasteiger partial charge on any atom is 0.186 e. The fourth-order valence-corrected chi connectivity index (χ4v) is 2.57. The van der Waals surface area contributed by atoms with Crippen LogP contribution in [-0.4, -0.2) is 28.7 Å². The molecule has 1 aromatic heterocycles. The van der Waals surface area contributed by atoms with Gasteiger partial charge in [-0.2, -0.15) is 5.10 Å². The normalized spacial score (nSPS) is 25.8. The first kappa shape index (κ1) is 10.8. The molecule has 1 aliphatic heterocycles. The summed E-state index contributed by atoms with van der Waals surface area (Å²) in [5, 5.41) is 7.30. The number of carbonyl (C=O) groups excluding carboxylic acids is 1. The lowest BCUT2D eigenvalue weighted by molar-refractivity contribution is 0.0897. The van der Waals surface area contributed by atoms with Crippen LogP contribution in [0.1, 0.15) is 17.4 Å². The molecule has 1 saturated heterocycles. The lowest BCUT2D eigenvalue weighted by atomic mass is 9.92. The number of aryl methyl sites for hydroxylation is 1. The minimum atomic E-state index is 0.0803. The van der Waals surface area contributed by atoms with Gasteiger partial charge in [0, 0.05) is 19.5 Å². The van der Waals surface area contributed by atoms with Gasteiger partial charge in [0.2, 0.25) is 0 Å². The van der Waals surface area contributed by atoms with Crippen molar-refractivity contribution in [3.63, 3.8) is 0 Å². The molecular formula is C10H14BrN3O. The van der Waals surface area contributed by atoms with Gasteiger partial charge in [0.05, 0.1) is 10.7 Å². The molecule has 82 valence electrons. The van der Waals surface area contributed by atoms with E-state index in [2.05, 4.69) is 33.3 Å². The van der Waals surface area contributed by atoms with E-state index in [0.717, 1.165) is 17.6 Å². The second kappa shape index (κ2) is 4.06. The summed E-state index contributed by atoms with van der Waals surface area (Å²) < 4.78 is 2.42. The van der Waals surface area contributed by atoms with E-state index in [4.69, 9.17) is 0 Å². The van der Waals surface area contributed by atoms with Crippen LogP contribution in [0, 0.1) is 11.8 Å². The van der Waals surface area contributed by atoms with Crippen molar-refractivity contribution in [1.82, 2.24) is 15.1 Å². The van der Waals surface area contributed by atoms with Crippen molar-refractivity contribution in [3.05, 3.63) is 16.4 Å². The predicted molar refractivity (Wildman–Crippen MR) is 60.8 cm³/mol. The Labute approximate surface area is 97.2 Å². The van der Waals surface area contributed by atoms with Crippen LogP contribution in [0.5, 0.6) is 0 Å². The summed E-state index contributed by atoms with van der Waals surface area (Å²) in [5.74, 6) is 0.662. The van der Waals surface area contributed by atoms with Crippen LogP contribution in [0.3, 0.4) is 0 Å². The Hall–Kier alpha value is -0.680. The smallest absolute Gasteiger partial charge is 0.186 e. The van der Waals surface area contributed by atoms with Gasteiger partial charge in [-0.05, 0) is 28.4 Å². The Morgan fingerprint density at radius 2 is 2.40 bits per heavy atom. The van der Waals surface area contributed by atoms with Gasteiger partial charge in [-0.15, -0.1) is 0 Å². The largest absolute Gasteiger partial charge is 0.316 e. The maximum atomic E-state index is 12.2. The average molecular weight is 272 g/mol. The first-order chi connectivity index (χ1) is 7.11. The van der Waals surface area contributed by atoms with Crippen LogP contribution < -0.4 is 5.32 Å². The molecule has 5 heteroatoms. The van der Waals surface area contributed by atoms with Gasteiger partial charge >= 0.3 is 0 Å². The zero-order valence-electron chi connectivity index (χ0n) is 8.83. The molecule has 2 atom stereocenters. The van der Waals surface area contributed by atoms with Gasteiger partial charge in [-0.1, -0.05) is 6.92 Å². The Balaban J connectivity index is 2.28. The van der Waals surface area contributed by atoms with E-state index >= 15 is 0 Å². The Kier molecular flexibility index (Phi) is 2.93. The SMILES string of the molecule is CC1CNCC1C(=O)c1c(Br)cnn1C. The number of ketones is 1. The molecule has 0 aliphatic carbocycles. The number of nitrogens with zero attached hydrogens (tertiary/aromatic N) is 2. The molecule has 0 radical (unpaired) electrons. The molecule has 4 nitrogen and oxygen atoms in total. The molecule has 1 aromatic rings. The average Bonchev–Trinajstić information content (AvgIpc) is 2.73. The highest BCUT2D eigenvalue weighted by atomic mass is 79.9. The van der Waals surface area contributed by atoms with Crippen LogP contribution >= 0.6 is 15.9 Å². The van der Waals surface area contributed by atoms with E-state index in [0.29, 0.717) is 11.6 Å². The van der Waals surface area contributed by atoms with Gasteiger partial charge in [0.25, 0.3) is 0 Å². The van der Waals surface area contributed by atoms with E-state index in [9.17, 15) is 4.79 Å². The summed E-state index contributed by atoms with van der Waals surface area (Å²) in [7, 11) is 1.80. The van der Waals surface area contributed by atoms with Crippen LogP contribution in [0.15, 0.2) is 10.7 Å². The highest BCUT2D eigenvalue weighted by Gasteiger charge is 2.32. The number of carbonyl (C=O) groups is 1. The quantitative estimate of drug-likeness (QED) is 0.823. The van der Waals surface area contributed by atoms with Crippen LogP contribution in [0.2, 0.25) is 0 Å². The number of Topliss-reactive ketones (excluding diaryl/α,β-unsaturated/α-hetero) is 1. The van der Waals surface area contributed by atoms with Crippen molar-refractivity contribution < 1.29 is 4.79 Å². The summed E-state index contributed by atoms with van der Waals surface area (Å²) in [6, 6.07) is 0. The lowest BCUT2D eigenvalue weighted by Crippen LogP contribution is -2.24. The maximum absolute atomic E-state index is 12.2. The standard InChI is InChI=1S/C10H14BrN3O/c1-6-3-12-4-7(6)10(15)9-8(11)5-13-14(9)2/h5-7,12H,3-4H2,1-2H3. The predicted octanol–water partition coefficient (Wildman–Crippen LogP) is 1.22. The van der Waals surface area contributed by atoms with Gasteiger partial charge in [0.1, 0.15) is 5.69 Å². The van der Waals surface area contributed by atoms with Crippen LogP contribution in [0.25, 0.3) is 0 Å². The van der Waals surface area contributed by atoms with E-state index in [1.54, 1.807) is 17.9 Å². The Bertz CT molecular complexity index is 369. The van der Waals surface area contributed by atoms with Crippen molar-refractivity contribution >= 4 is 21.7 Å². The highest BCUT2D eigenvalue weighted by Crippen LogP contribution is 2.24. The zero-order chi connectivity index (χ0) is 11.0. The number of halogens is 1. The summed E-state index contributed by atoms with van der Waals surface area (Å²) in [4.78, 5) is 12.2. The van der Waals surface area contributed by atoms with Gasteiger partial charge < -0.3 is 5.32 Å². The van der Waals surface area contributed by atoms with E-state index in [-0.39, 0.29) is 11.7 Å². The third-order valence-corrected chi connectivity index (χ3v) is 3.56. The first-order valence-electron chi connectivity index (χ1n) is 5.03. The van der Waals surface area contributed by atoms with Gasteiger partial charge in [0.15, 0.2) is 5.78 Å². The summed E-state index contributed by atoms with van der Waals surface area (Å²) in [6.45, 7) is 3.80. The minimum Gasteiger partial charge on any atom is -0.316 e. The molecule has 0 aromatic carbocycles. The monoisotopic (exact) mass is 271 g/mol. The van der Waals surface area contributed by atoms with E-state index in [1.165, 1.54) is 0 Å². The van der Waals surface area contributed by atoms with Crippen LogP contribution in [0.4, 0.5) is 0 Å². The third kappa shape index (κ3) is 1.86. The molecule has 2 unspecified atom stereocenters. The number of hydrogen-bond donors (Lipinski definition) is 1. The van der Waals surface area contributed by atoms with Crippen molar-refractivity contribution in [3.8, 4) is 0 Å². The second-order valence-electron chi connectivity index (χ2n) is 4.07. The summed E-state index contributed by atoms with van der Waals surface area (Å²) in [5.41, 5.74) is 0.676. The molecule has 0 bridgehead atoms. The highest BCUT2D eigenvalue weighted by molar-refractivity contribution is 9.10. The summed E-state index contributed by atoms with van der Waals surface area (Å²) >= 11 is 3.36. The molecule has 2 rings (SSSR count). The first-order valence-corrected chi connectivity index (χ1v) is 5.83. The third-order valence-electron chi connectivity index (χ3n) is 2.98. The van der Waals surface area contributed by atoms with Crippen molar-refractivity contribution in [1.29, 1.82) is 0 Å². The van der Waals surface area contributed by atoms with Gasteiger partial charge in [-0.25, -0.2) is 0 Å². The molecular weight excluding hydrogens is 258 g/mol. The molecule has 2 heterocycles. The summed E-state index contributed by atoms with van der Waals surface area (Å²) in [6.07, 6.45) is 1.67. The fraction of sp³-hybridized carbons (Fsp3) is 0.600. The molecule has 1 N–H and O–H groups in total. The number of hydrogen-bond acceptors (Lipinski definition) is 3. The fourth-order valence-electron chi connectivity index (χ4n) is 2.02. The van der Waals surface area contributed by atoms with Crippen LogP contribution in [-0.2, 0) is 7.05 Å². The number of nitrogens with one attached hydrogen (secondary N) is 1. The molecule has 1 fully saturated rings. The van der Waals surface area contributed by atoms with Gasteiger partial charge in [-0.3, -0.25) is 9.48 Å².